The van der Waals surface area contributed by atoms with E-state index in [4.69, 9.17) is 10.5 Å². The molecule has 0 fully saturated rings. The van der Waals surface area contributed by atoms with Gasteiger partial charge >= 0.3 is 6.09 Å². The summed E-state index contributed by atoms with van der Waals surface area (Å²) in [5.41, 5.74) is 6.62. The lowest BCUT2D eigenvalue weighted by Gasteiger charge is -2.30. The molecule has 18 heavy (non-hydrogen) atoms. The molecule has 1 aliphatic heterocycles. The highest BCUT2D eigenvalue weighted by molar-refractivity contribution is 5.68. The van der Waals surface area contributed by atoms with E-state index in [0.717, 1.165) is 25.8 Å². The quantitative estimate of drug-likeness (QED) is 0.788. The Kier molecular flexibility index (Phi) is 5.20. The lowest BCUT2D eigenvalue weighted by Crippen LogP contribution is -2.40. The Morgan fingerprint density at radius 3 is 2.78 bits per heavy atom. The number of hydrogen-bond acceptors (Lipinski definition) is 3. The summed E-state index contributed by atoms with van der Waals surface area (Å²) in [7, 11) is 0. The van der Waals surface area contributed by atoms with Gasteiger partial charge in [0.15, 0.2) is 0 Å². The van der Waals surface area contributed by atoms with Crippen molar-refractivity contribution < 1.29 is 9.53 Å². The van der Waals surface area contributed by atoms with Crippen LogP contribution in [0.4, 0.5) is 4.79 Å². The van der Waals surface area contributed by atoms with Gasteiger partial charge in [0, 0.05) is 19.1 Å². The summed E-state index contributed by atoms with van der Waals surface area (Å²) < 4.78 is 5.39. The summed E-state index contributed by atoms with van der Waals surface area (Å²) in [4.78, 5) is 13.7. The van der Waals surface area contributed by atoms with Crippen molar-refractivity contribution >= 4 is 6.09 Å². The molecule has 0 aromatic heterocycles. The average Bonchev–Trinajstić information content (AvgIpc) is 2.24. The molecule has 1 rings (SSSR count). The number of carbonyl (C=O) groups is 1. The smallest absolute Gasteiger partial charge is 0.410 e. The maximum Gasteiger partial charge on any atom is 0.410 e. The Balaban J connectivity index is 2.46. The number of rotatable bonds is 3. The summed E-state index contributed by atoms with van der Waals surface area (Å²) in [5.74, 6) is 0. The minimum absolute atomic E-state index is 0.211. The molecule has 1 amide bonds. The predicted octanol–water partition coefficient (Wildman–Crippen LogP) is 2.68. The molecule has 1 heterocycles. The van der Waals surface area contributed by atoms with Crippen LogP contribution < -0.4 is 5.73 Å². The fourth-order valence-electron chi connectivity index (χ4n) is 1.89. The molecule has 0 aliphatic carbocycles. The lowest BCUT2D eigenvalue weighted by molar-refractivity contribution is 0.0260. The highest BCUT2D eigenvalue weighted by Crippen LogP contribution is 2.18. The van der Waals surface area contributed by atoms with Gasteiger partial charge in [-0.2, -0.15) is 0 Å². The first-order valence-corrected chi connectivity index (χ1v) is 6.69. The first kappa shape index (κ1) is 15.0. The Hall–Kier alpha value is -1.03. The van der Waals surface area contributed by atoms with Gasteiger partial charge in [-0.05, 0) is 47.0 Å². The van der Waals surface area contributed by atoms with E-state index in [-0.39, 0.29) is 12.1 Å². The second-order valence-corrected chi connectivity index (χ2v) is 6.07. The van der Waals surface area contributed by atoms with Gasteiger partial charge in [-0.15, -0.1) is 0 Å². The van der Waals surface area contributed by atoms with Gasteiger partial charge in [-0.1, -0.05) is 11.6 Å². The van der Waals surface area contributed by atoms with E-state index in [9.17, 15) is 4.79 Å². The van der Waals surface area contributed by atoms with Crippen LogP contribution in [0.25, 0.3) is 0 Å². The third-order valence-corrected chi connectivity index (χ3v) is 2.80. The molecule has 0 radical (unpaired) electrons. The topological polar surface area (TPSA) is 55.6 Å². The van der Waals surface area contributed by atoms with E-state index in [1.807, 2.05) is 27.7 Å². The molecule has 0 bridgehead atoms. The van der Waals surface area contributed by atoms with Crippen LogP contribution in [-0.4, -0.2) is 35.7 Å². The minimum atomic E-state index is -0.426. The Morgan fingerprint density at radius 1 is 1.56 bits per heavy atom. The number of carbonyl (C=O) groups excluding carboxylic acids is 1. The van der Waals surface area contributed by atoms with E-state index < -0.39 is 5.60 Å². The molecule has 0 aromatic rings. The molecule has 1 aliphatic rings. The molecular formula is C14H26N2O2. The second-order valence-electron chi connectivity index (χ2n) is 6.07. The van der Waals surface area contributed by atoms with E-state index in [1.54, 1.807) is 4.90 Å². The van der Waals surface area contributed by atoms with E-state index in [0.29, 0.717) is 6.54 Å². The second kappa shape index (κ2) is 6.23. The summed E-state index contributed by atoms with van der Waals surface area (Å²) in [6, 6.07) is 0.211. The molecule has 104 valence electrons. The summed E-state index contributed by atoms with van der Waals surface area (Å²) in [6.07, 6.45) is 4.86. The van der Waals surface area contributed by atoms with Gasteiger partial charge in [0.2, 0.25) is 0 Å². The van der Waals surface area contributed by atoms with Crippen LogP contribution in [0.1, 0.15) is 47.0 Å². The van der Waals surface area contributed by atoms with E-state index in [2.05, 4.69) is 6.08 Å². The van der Waals surface area contributed by atoms with Crippen LogP contribution in [0.2, 0.25) is 0 Å². The molecule has 2 N–H and O–H groups in total. The number of nitrogens with zero attached hydrogens (tertiary/aromatic N) is 1. The van der Waals surface area contributed by atoms with Crippen LogP contribution >= 0.6 is 0 Å². The van der Waals surface area contributed by atoms with Crippen molar-refractivity contribution in [2.45, 2.75) is 58.6 Å². The zero-order chi connectivity index (χ0) is 13.8. The van der Waals surface area contributed by atoms with Crippen molar-refractivity contribution in [2.24, 2.45) is 5.73 Å². The monoisotopic (exact) mass is 254 g/mol. The lowest BCUT2D eigenvalue weighted by atomic mass is 10.0. The standard InChI is InChI=1S/C14H26N2O2/c1-11(15)7-8-12-6-5-9-16(10-12)13(17)18-14(2,3)4/h6,11H,5,7-10,15H2,1-4H3. The van der Waals surface area contributed by atoms with Crippen LogP contribution in [0.15, 0.2) is 11.6 Å². The van der Waals surface area contributed by atoms with Gasteiger partial charge < -0.3 is 15.4 Å². The highest BCUT2D eigenvalue weighted by atomic mass is 16.6. The highest BCUT2D eigenvalue weighted by Gasteiger charge is 2.24. The number of nitrogens with two attached hydrogens (primary N) is 1. The Labute approximate surface area is 110 Å². The van der Waals surface area contributed by atoms with Crippen LogP contribution in [0.3, 0.4) is 0 Å². The zero-order valence-corrected chi connectivity index (χ0v) is 12.0. The van der Waals surface area contributed by atoms with Crippen molar-refractivity contribution in [3.8, 4) is 0 Å². The third-order valence-electron chi connectivity index (χ3n) is 2.80. The van der Waals surface area contributed by atoms with Crippen molar-refractivity contribution in [2.75, 3.05) is 13.1 Å². The van der Waals surface area contributed by atoms with Crippen LogP contribution in [0.5, 0.6) is 0 Å². The van der Waals surface area contributed by atoms with Crippen molar-refractivity contribution in [1.29, 1.82) is 0 Å². The molecule has 1 atom stereocenters. The van der Waals surface area contributed by atoms with Crippen molar-refractivity contribution in [3.63, 3.8) is 0 Å². The van der Waals surface area contributed by atoms with Crippen LogP contribution in [-0.2, 0) is 4.74 Å². The summed E-state index contributed by atoms with van der Waals surface area (Å²) >= 11 is 0. The molecule has 1 unspecified atom stereocenters. The first-order valence-electron chi connectivity index (χ1n) is 6.69. The van der Waals surface area contributed by atoms with Gasteiger partial charge in [-0.25, -0.2) is 4.79 Å². The van der Waals surface area contributed by atoms with Gasteiger partial charge in [0.25, 0.3) is 0 Å². The normalized spacial score (nSPS) is 18.3. The van der Waals surface area contributed by atoms with Crippen molar-refractivity contribution in [3.05, 3.63) is 11.6 Å². The summed E-state index contributed by atoms with van der Waals surface area (Å²) in [5, 5.41) is 0. The third kappa shape index (κ3) is 5.54. The maximum atomic E-state index is 11.9. The number of amides is 1. The fraction of sp³-hybridized carbons (Fsp3) is 0.786. The van der Waals surface area contributed by atoms with E-state index >= 15 is 0 Å². The number of hydrogen-bond donors (Lipinski definition) is 1. The maximum absolute atomic E-state index is 11.9. The fourth-order valence-corrected chi connectivity index (χ4v) is 1.89. The van der Waals surface area contributed by atoms with Gasteiger partial charge in [-0.3, -0.25) is 0 Å². The van der Waals surface area contributed by atoms with Crippen LogP contribution in [0, 0.1) is 0 Å². The molecule has 0 saturated heterocycles. The minimum Gasteiger partial charge on any atom is -0.444 e. The average molecular weight is 254 g/mol. The zero-order valence-electron chi connectivity index (χ0n) is 12.0. The van der Waals surface area contributed by atoms with Gasteiger partial charge in [0.05, 0.1) is 0 Å². The molecule has 0 spiro atoms. The SMILES string of the molecule is CC(N)CCC1=CCCN(C(=O)OC(C)(C)C)C1. The molecule has 4 heteroatoms. The van der Waals surface area contributed by atoms with Crippen molar-refractivity contribution in [1.82, 2.24) is 4.90 Å². The summed E-state index contributed by atoms with van der Waals surface area (Å²) in [6.45, 7) is 9.11. The molecule has 0 saturated carbocycles. The first-order chi connectivity index (χ1) is 8.28. The van der Waals surface area contributed by atoms with Gasteiger partial charge in [0.1, 0.15) is 5.60 Å². The Bertz CT molecular complexity index is 316. The molecule has 4 nitrogen and oxygen atoms in total. The number of ether oxygens (including phenoxy) is 1. The van der Waals surface area contributed by atoms with E-state index in [1.165, 1.54) is 5.57 Å². The largest absolute Gasteiger partial charge is 0.444 e. The molecular weight excluding hydrogens is 228 g/mol. The Morgan fingerprint density at radius 2 is 2.22 bits per heavy atom. The predicted molar refractivity (Wildman–Crippen MR) is 73.4 cm³/mol. The molecule has 0 aromatic carbocycles.